The quantitative estimate of drug-likeness (QED) is 0.511. The molecule has 0 fully saturated rings. The van der Waals surface area contributed by atoms with E-state index in [-0.39, 0.29) is 5.25 Å². The fourth-order valence-corrected chi connectivity index (χ4v) is 2.85. The standard InChI is InChI=1S/C16H22ClN3S2/c1-2-3-4-5-10-20-15(12-6-8-13(17)9-7-12)18-19-16(20)14(22)11-21/h6-9,14,21-22H,2-5,10-11H2,1H3. The largest absolute Gasteiger partial charge is 0.310 e. The lowest BCUT2D eigenvalue weighted by atomic mass is 10.2. The molecule has 0 N–H and O–H groups in total. The average Bonchev–Trinajstić information content (AvgIpc) is 2.95. The molecule has 0 saturated heterocycles. The highest BCUT2D eigenvalue weighted by molar-refractivity contribution is 7.84. The van der Waals surface area contributed by atoms with Crippen molar-refractivity contribution in [2.75, 3.05) is 5.75 Å². The van der Waals surface area contributed by atoms with E-state index in [2.05, 4.69) is 46.9 Å². The molecule has 1 aromatic heterocycles. The van der Waals surface area contributed by atoms with Gasteiger partial charge in [-0.05, 0) is 30.7 Å². The van der Waals surface area contributed by atoms with Crippen molar-refractivity contribution in [3.8, 4) is 11.4 Å². The summed E-state index contributed by atoms with van der Waals surface area (Å²) < 4.78 is 2.17. The minimum Gasteiger partial charge on any atom is -0.310 e. The normalized spacial score (nSPS) is 12.5. The molecule has 1 aromatic carbocycles. The first-order chi connectivity index (χ1) is 10.7. The molecule has 1 heterocycles. The van der Waals surface area contributed by atoms with E-state index in [9.17, 15) is 0 Å². The molecule has 120 valence electrons. The molecule has 0 amide bonds. The van der Waals surface area contributed by atoms with Crippen LogP contribution < -0.4 is 0 Å². The Bertz CT molecular complexity index is 584. The topological polar surface area (TPSA) is 30.7 Å². The Labute approximate surface area is 148 Å². The van der Waals surface area contributed by atoms with E-state index < -0.39 is 0 Å². The number of hydrogen-bond donors (Lipinski definition) is 2. The Kier molecular flexibility index (Phi) is 7.12. The molecule has 2 aromatic rings. The summed E-state index contributed by atoms with van der Waals surface area (Å²) in [6.07, 6.45) is 4.81. The maximum Gasteiger partial charge on any atom is 0.163 e. The highest BCUT2D eigenvalue weighted by Gasteiger charge is 2.18. The zero-order valence-corrected chi connectivity index (χ0v) is 15.3. The lowest BCUT2D eigenvalue weighted by Crippen LogP contribution is -2.09. The monoisotopic (exact) mass is 355 g/mol. The minimum absolute atomic E-state index is 0.0111. The van der Waals surface area contributed by atoms with Crippen LogP contribution in [0.15, 0.2) is 24.3 Å². The van der Waals surface area contributed by atoms with Crippen LogP contribution in [0.25, 0.3) is 11.4 Å². The molecule has 0 aliphatic heterocycles. The number of halogens is 1. The van der Waals surface area contributed by atoms with Crippen molar-refractivity contribution in [1.29, 1.82) is 0 Å². The van der Waals surface area contributed by atoms with Crippen molar-refractivity contribution in [1.82, 2.24) is 14.8 Å². The smallest absolute Gasteiger partial charge is 0.163 e. The van der Waals surface area contributed by atoms with Gasteiger partial charge < -0.3 is 4.57 Å². The van der Waals surface area contributed by atoms with E-state index in [0.717, 1.165) is 35.2 Å². The van der Waals surface area contributed by atoms with Gasteiger partial charge in [-0.3, -0.25) is 0 Å². The molecule has 1 unspecified atom stereocenters. The first kappa shape index (κ1) is 17.7. The van der Waals surface area contributed by atoms with E-state index in [1.54, 1.807) is 0 Å². The van der Waals surface area contributed by atoms with Crippen molar-refractivity contribution in [2.24, 2.45) is 0 Å². The second-order valence-corrected chi connectivity index (χ2v) is 6.72. The molecule has 0 saturated carbocycles. The number of hydrogen-bond acceptors (Lipinski definition) is 4. The summed E-state index contributed by atoms with van der Waals surface area (Å²) in [6, 6.07) is 7.71. The lowest BCUT2D eigenvalue weighted by Gasteiger charge is -2.13. The molecule has 0 aliphatic carbocycles. The van der Waals surface area contributed by atoms with Crippen LogP contribution in [0.2, 0.25) is 5.02 Å². The third kappa shape index (κ3) is 4.43. The second kappa shape index (κ2) is 8.85. The van der Waals surface area contributed by atoms with E-state index in [1.807, 2.05) is 24.3 Å². The molecule has 0 bridgehead atoms. The van der Waals surface area contributed by atoms with Crippen LogP contribution in [0.4, 0.5) is 0 Å². The van der Waals surface area contributed by atoms with Gasteiger partial charge in [-0.25, -0.2) is 0 Å². The van der Waals surface area contributed by atoms with Crippen LogP contribution >= 0.6 is 36.9 Å². The molecule has 1 atom stereocenters. The summed E-state index contributed by atoms with van der Waals surface area (Å²) in [4.78, 5) is 0. The second-order valence-electron chi connectivity index (χ2n) is 5.30. The van der Waals surface area contributed by atoms with Gasteiger partial charge in [0.05, 0.1) is 5.25 Å². The summed E-state index contributed by atoms with van der Waals surface area (Å²) in [5.41, 5.74) is 1.03. The van der Waals surface area contributed by atoms with E-state index in [4.69, 9.17) is 11.6 Å². The molecular weight excluding hydrogens is 334 g/mol. The van der Waals surface area contributed by atoms with Crippen molar-refractivity contribution in [3.63, 3.8) is 0 Å². The molecular formula is C16H22ClN3S2. The first-order valence-corrected chi connectivity index (χ1v) is 9.18. The van der Waals surface area contributed by atoms with E-state index >= 15 is 0 Å². The van der Waals surface area contributed by atoms with Crippen LogP contribution in [-0.2, 0) is 6.54 Å². The number of benzene rings is 1. The number of aromatic nitrogens is 3. The molecule has 2 rings (SSSR count). The Morgan fingerprint density at radius 1 is 1.14 bits per heavy atom. The Morgan fingerprint density at radius 2 is 1.86 bits per heavy atom. The van der Waals surface area contributed by atoms with Crippen LogP contribution in [0, 0.1) is 0 Å². The molecule has 0 spiro atoms. The van der Waals surface area contributed by atoms with E-state index in [1.165, 1.54) is 19.3 Å². The van der Waals surface area contributed by atoms with Gasteiger partial charge in [0.15, 0.2) is 5.82 Å². The number of rotatable bonds is 8. The van der Waals surface area contributed by atoms with Gasteiger partial charge in [0.25, 0.3) is 0 Å². The van der Waals surface area contributed by atoms with E-state index in [0.29, 0.717) is 5.75 Å². The van der Waals surface area contributed by atoms with Crippen LogP contribution in [0.1, 0.15) is 43.7 Å². The summed E-state index contributed by atoms with van der Waals surface area (Å²) in [7, 11) is 0. The summed E-state index contributed by atoms with van der Waals surface area (Å²) >= 11 is 14.9. The predicted molar refractivity (Wildman–Crippen MR) is 100 cm³/mol. The maximum atomic E-state index is 5.97. The Morgan fingerprint density at radius 3 is 2.50 bits per heavy atom. The summed E-state index contributed by atoms with van der Waals surface area (Å²) in [6.45, 7) is 3.12. The first-order valence-electron chi connectivity index (χ1n) is 7.65. The third-order valence-electron chi connectivity index (χ3n) is 3.59. The predicted octanol–water partition coefficient (Wildman–Crippen LogP) is 5.08. The van der Waals surface area contributed by atoms with Gasteiger partial charge in [0, 0.05) is 22.9 Å². The highest BCUT2D eigenvalue weighted by Crippen LogP contribution is 2.26. The Balaban J connectivity index is 2.28. The fourth-order valence-electron chi connectivity index (χ4n) is 2.37. The minimum atomic E-state index is -0.0111. The molecule has 22 heavy (non-hydrogen) atoms. The van der Waals surface area contributed by atoms with Crippen LogP contribution in [0.5, 0.6) is 0 Å². The zero-order valence-electron chi connectivity index (χ0n) is 12.7. The third-order valence-corrected chi connectivity index (χ3v) is 4.91. The van der Waals surface area contributed by atoms with Crippen molar-refractivity contribution in [2.45, 2.75) is 44.4 Å². The molecule has 3 nitrogen and oxygen atoms in total. The fraction of sp³-hybridized carbons (Fsp3) is 0.500. The Hall–Kier alpha value is -0.650. The maximum absolute atomic E-state index is 5.97. The number of nitrogens with zero attached hydrogens (tertiary/aromatic N) is 3. The van der Waals surface area contributed by atoms with Gasteiger partial charge in [-0.2, -0.15) is 25.3 Å². The van der Waals surface area contributed by atoms with Gasteiger partial charge in [0.2, 0.25) is 0 Å². The molecule has 0 aliphatic rings. The van der Waals surface area contributed by atoms with Crippen molar-refractivity contribution < 1.29 is 0 Å². The van der Waals surface area contributed by atoms with Gasteiger partial charge in [-0.1, -0.05) is 37.8 Å². The van der Waals surface area contributed by atoms with Crippen molar-refractivity contribution >= 4 is 36.9 Å². The van der Waals surface area contributed by atoms with Crippen molar-refractivity contribution in [3.05, 3.63) is 35.1 Å². The summed E-state index contributed by atoms with van der Waals surface area (Å²) in [5.74, 6) is 2.40. The SMILES string of the molecule is CCCCCCn1c(-c2ccc(Cl)cc2)nnc1C(S)CS. The molecule has 0 radical (unpaired) electrons. The molecule has 6 heteroatoms. The number of thiol groups is 2. The van der Waals surface area contributed by atoms with Gasteiger partial charge in [-0.15, -0.1) is 10.2 Å². The van der Waals surface area contributed by atoms with Gasteiger partial charge in [0.1, 0.15) is 5.82 Å². The zero-order chi connectivity index (χ0) is 15.9. The lowest BCUT2D eigenvalue weighted by molar-refractivity contribution is 0.569. The summed E-state index contributed by atoms with van der Waals surface area (Å²) in [5, 5.41) is 9.42. The average molecular weight is 356 g/mol. The van der Waals surface area contributed by atoms with Crippen LogP contribution in [-0.4, -0.2) is 20.5 Å². The number of unbranched alkanes of at least 4 members (excludes halogenated alkanes) is 3. The van der Waals surface area contributed by atoms with Gasteiger partial charge >= 0.3 is 0 Å². The highest BCUT2D eigenvalue weighted by atomic mass is 35.5. The van der Waals surface area contributed by atoms with Crippen LogP contribution in [0.3, 0.4) is 0 Å².